The molecule has 0 aliphatic carbocycles. The Kier molecular flexibility index (Phi) is 9.19. The molecule has 0 aliphatic heterocycles. The zero-order chi connectivity index (χ0) is 10.8. The van der Waals surface area contributed by atoms with Crippen molar-refractivity contribution < 1.29 is 14.6 Å². The van der Waals surface area contributed by atoms with Gasteiger partial charge in [0.25, 0.3) is 0 Å². The normalized spacial score (nSPS) is 10.8. The van der Waals surface area contributed by atoms with Gasteiger partial charge in [0.1, 0.15) is 0 Å². The zero-order valence-electron chi connectivity index (χ0n) is 8.99. The van der Waals surface area contributed by atoms with Gasteiger partial charge in [0.2, 0.25) is 0 Å². The average Bonchev–Trinajstić information content (AvgIpc) is 2.08. The van der Waals surface area contributed by atoms with Crippen molar-refractivity contribution in [1.82, 2.24) is 0 Å². The largest absolute Gasteiger partial charge is 0.481 e. The summed E-state index contributed by atoms with van der Waals surface area (Å²) in [5, 5.41) is 8.37. The maximum atomic E-state index is 10.2. The van der Waals surface area contributed by atoms with Gasteiger partial charge in [-0.1, -0.05) is 13.8 Å². The second kappa shape index (κ2) is 9.34. The van der Waals surface area contributed by atoms with E-state index in [0.29, 0.717) is 11.7 Å². The van der Waals surface area contributed by atoms with Crippen molar-refractivity contribution in [2.24, 2.45) is 5.92 Å². The van der Waals surface area contributed by atoms with Crippen LogP contribution in [0.25, 0.3) is 0 Å². The maximum Gasteiger partial charge on any atom is 0.304 e. The molecule has 0 aromatic carbocycles. The van der Waals surface area contributed by atoms with Crippen LogP contribution in [0.4, 0.5) is 0 Å². The van der Waals surface area contributed by atoms with Gasteiger partial charge in [0, 0.05) is 18.1 Å². The van der Waals surface area contributed by atoms with E-state index in [-0.39, 0.29) is 6.42 Å². The summed E-state index contributed by atoms with van der Waals surface area (Å²) in [6.45, 7) is 5.89. The first-order chi connectivity index (χ1) is 6.63. The molecule has 1 N–H and O–H groups in total. The van der Waals surface area contributed by atoms with E-state index in [1.54, 1.807) is 11.8 Å². The van der Waals surface area contributed by atoms with Gasteiger partial charge in [0.15, 0.2) is 0 Å². The third-order valence-corrected chi connectivity index (χ3v) is 2.62. The molecule has 3 nitrogen and oxygen atoms in total. The summed E-state index contributed by atoms with van der Waals surface area (Å²) < 4.78 is 5.38. The molecule has 0 aliphatic rings. The first-order valence-corrected chi connectivity index (χ1v) is 6.15. The zero-order valence-corrected chi connectivity index (χ0v) is 9.81. The molecule has 0 bridgehead atoms. The van der Waals surface area contributed by atoms with Crippen LogP contribution in [0.2, 0.25) is 0 Å². The van der Waals surface area contributed by atoms with E-state index in [1.165, 1.54) is 0 Å². The minimum absolute atomic E-state index is 0.247. The Labute approximate surface area is 90.2 Å². The van der Waals surface area contributed by atoms with Crippen LogP contribution in [0.3, 0.4) is 0 Å². The fourth-order valence-corrected chi connectivity index (χ4v) is 1.56. The van der Waals surface area contributed by atoms with Crippen molar-refractivity contribution in [3.8, 4) is 0 Å². The SMILES string of the molecule is CC(C)CCOCCSCCC(=O)O. The lowest BCUT2D eigenvalue weighted by Crippen LogP contribution is -2.03. The Morgan fingerprint density at radius 3 is 2.64 bits per heavy atom. The highest BCUT2D eigenvalue weighted by atomic mass is 32.2. The van der Waals surface area contributed by atoms with Crippen LogP contribution >= 0.6 is 11.8 Å². The molecule has 0 saturated carbocycles. The third kappa shape index (κ3) is 11.8. The van der Waals surface area contributed by atoms with E-state index in [9.17, 15) is 4.79 Å². The van der Waals surface area contributed by atoms with E-state index in [0.717, 1.165) is 25.4 Å². The molecule has 0 radical (unpaired) electrons. The predicted octanol–water partition coefficient (Wildman–Crippen LogP) is 2.26. The van der Waals surface area contributed by atoms with Crippen LogP contribution in [0, 0.1) is 5.92 Å². The van der Waals surface area contributed by atoms with Crippen LogP contribution < -0.4 is 0 Å². The maximum absolute atomic E-state index is 10.2. The fourth-order valence-electron chi connectivity index (χ4n) is 0.800. The summed E-state index contributed by atoms with van der Waals surface area (Å²) in [6.07, 6.45) is 1.34. The summed E-state index contributed by atoms with van der Waals surface area (Å²) in [6, 6.07) is 0. The molecule has 0 heterocycles. The summed E-state index contributed by atoms with van der Waals surface area (Å²) in [4.78, 5) is 10.2. The summed E-state index contributed by atoms with van der Waals surface area (Å²) in [5.74, 6) is 1.54. The smallest absolute Gasteiger partial charge is 0.304 e. The van der Waals surface area contributed by atoms with Crippen molar-refractivity contribution in [2.45, 2.75) is 26.7 Å². The molecule has 0 fully saturated rings. The number of carboxylic acid groups (broad SMARTS) is 1. The summed E-state index contributed by atoms with van der Waals surface area (Å²) in [7, 11) is 0. The molecule has 0 saturated heterocycles. The molecular weight excluding hydrogens is 200 g/mol. The van der Waals surface area contributed by atoms with E-state index in [4.69, 9.17) is 9.84 Å². The molecule has 0 aromatic heterocycles. The Balaban J connectivity index is 2.96. The molecule has 0 amide bonds. The lowest BCUT2D eigenvalue weighted by atomic mass is 10.1. The van der Waals surface area contributed by atoms with Crippen molar-refractivity contribution >= 4 is 17.7 Å². The Hall–Kier alpha value is -0.220. The van der Waals surface area contributed by atoms with Gasteiger partial charge in [-0.2, -0.15) is 11.8 Å². The lowest BCUT2D eigenvalue weighted by molar-refractivity contribution is -0.136. The Morgan fingerprint density at radius 1 is 1.36 bits per heavy atom. The van der Waals surface area contributed by atoms with Crippen LogP contribution in [0.15, 0.2) is 0 Å². The standard InChI is InChI=1S/C10H20O3S/c1-9(2)3-5-13-6-8-14-7-4-10(11)12/h9H,3-8H2,1-2H3,(H,11,12). The highest BCUT2D eigenvalue weighted by Crippen LogP contribution is 2.03. The van der Waals surface area contributed by atoms with Crippen LogP contribution in [-0.4, -0.2) is 35.8 Å². The number of carbonyl (C=O) groups is 1. The third-order valence-electron chi connectivity index (χ3n) is 1.67. The quantitative estimate of drug-likeness (QED) is 0.605. The molecule has 4 heteroatoms. The van der Waals surface area contributed by atoms with E-state index < -0.39 is 5.97 Å². The van der Waals surface area contributed by atoms with Gasteiger partial charge >= 0.3 is 5.97 Å². The van der Waals surface area contributed by atoms with E-state index in [2.05, 4.69) is 13.8 Å². The molecule has 14 heavy (non-hydrogen) atoms. The Morgan fingerprint density at radius 2 is 2.07 bits per heavy atom. The molecular formula is C10H20O3S. The first-order valence-electron chi connectivity index (χ1n) is 5.00. The van der Waals surface area contributed by atoms with Crippen molar-refractivity contribution in [2.75, 3.05) is 24.7 Å². The number of thioether (sulfide) groups is 1. The molecule has 0 rings (SSSR count). The van der Waals surface area contributed by atoms with Crippen LogP contribution in [-0.2, 0) is 9.53 Å². The number of ether oxygens (including phenoxy) is 1. The van der Waals surface area contributed by atoms with Gasteiger partial charge < -0.3 is 9.84 Å². The van der Waals surface area contributed by atoms with Crippen LogP contribution in [0.5, 0.6) is 0 Å². The minimum atomic E-state index is -0.724. The first kappa shape index (κ1) is 13.8. The van der Waals surface area contributed by atoms with Gasteiger partial charge in [-0.25, -0.2) is 0 Å². The highest BCUT2D eigenvalue weighted by Gasteiger charge is 1.97. The minimum Gasteiger partial charge on any atom is -0.481 e. The van der Waals surface area contributed by atoms with E-state index in [1.807, 2.05) is 0 Å². The lowest BCUT2D eigenvalue weighted by Gasteiger charge is -2.05. The number of hydrogen-bond acceptors (Lipinski definition) is 3. The van der Waals surface area contributed by atoms with Gasteiger partial charge in [0.05, 0.1) is 13.0 Å². The number of aliphatic carboxylic acids is 1. The molecule has 0 aromatic rings. The molecule has 84 valence electrons. The Bertz CT molecular complexity index is 148. The van der Waals surface area contributed by atoms with Crippen molar-refractivity contribution in [3.05, 3.63) is 0 Å². The summed E-state index contributed by atoms with van der Waals surface area (Å²) >= 11 is 1.63. The number of carboxylic acids is 1. The fraction of sp³-hybridized carbons (Fsp3) is 0.900. The monoisotopic (exact) mass is 220 g/mol. The van der Waals surface area contributed by atoms with Gasteiger partial charge in [-0.15, -0.1) is 0 Å². The molecule has 0 atom stereocenters. The number of rotatable bonds is 9. The summed E-state index contributed by atoms with van der Waals surface area (Å²) in [5.41, 5.74) is 0. The van der Waals surface area contributed by atoms with Crippen molar-refractivity contribution in [1.29, 1.82) is 0 Å². The van der Waals surface area contributed by atoms with E-state index >= 15 is 0 Å². The van der Waals surface area contributed by atoms with Crippen molar-refractivity contribution in [3.63, 3.8) is 0 Å². The van der Waals surface area contributed by atoms with Crippen LogP contribution in [0.1, 0.15) is 26.7 Å². The van der Waals surface area contributed by atoms with Gasteiger partial charge in [-0.3, -0.25) is 4.79 Å². The second-order valence-electron chi connectivity index (χ2n) is 3.55. The molecule has 0 unspecified atom stereocenters. The van der Waals surface area contributed by atoms with Gasteiger partial charge in [-0.05, 0) is 12.3 Å². The topological polar surface area (TPSA) is 46.5 Å². The second-order valence-corrected chi connectivity index (χ2v) is 4.78. The molecule has 0 spiro atoms. The average molecular weight is 220 g/mol. The highest BCUT2D eigenvalue weighted by molar-refractivity contribution is 7.99. The predicted molar refractivity (Wildman–Crippen MR) is 59.9 cm³/mol. The number of hydrogen-bond donors (Lipinski definition) is 1.